The molecule has 0 bridgehead atoms. The lowest BCUT2D eigenvalue weighted by atomic mass is 10.0. The Morgan fingerprint density at radius 1 is 1.16 bits per heavy atom. The average Bonchev–Trinajstić information content (AvgIpc) is 3.10. The lowest BCUT2D eigenvalue weighted by Gasteiger charge is -2.28. The molecule has 0 fully saturated rings. The van der Waals surface area contributed by atoms with Crippen LogP contribution in [0.25, 0.3) is 17.6 Å². The number of alkyl halides is 8. The van der Waals surface area contributed by atoms with Crippen molar-refractivity contribution in [2.75, 3.05) is 17.4 Å². The van der Waals surface area contributed by atoms with E-state index >= 15 is 0 Å². The van der Waals surface area contributed by atoms with Crippen molar-refractivity contribution in [3.63, 3.8) is 0 Å². The summed E-state index contributed by atoms with van der Waals surface area (Å²) in [6.07, 6.45) is -10.2. The number of sulfone groups is 1. The number of aromatic nitrogens is 3. The Morgan fingerprint density at radius 2 is 1.78 bits per heavy atom. The highest BCUT2D eigenvalue weighted by Crippen LogP contribution is 2.44. The summed E-state index contributed by atoms with van der Waals surface area (Å²) in [6.45, 7) is -0.138. The van der Waals surface area contributed by atoms with Gasteiger partial charge in [0.15, 0.2) is 21.5 Å². The number of halogens is 8. The SMILES string of the molecule is CCS(=O)(=O)c1cc(C(F)(F)F)cnc1-c1nc2c([nH]1)C=C(C(F)(F)C(F)(F)F)CN2O. The molecule has 0 amide bonds. The van der Waals surface area contributed by atoms with Crippen LogP contribution in [0, 0.1) is 0 Å². The first-order chi connectivity index (χ1) is 14.5. The summed E-state index contributed by atoms with van der Waals surface area (Å²) in [5.74, 6) is -7.05. The number of hydrogen-bond acceptors (Lipinski definition) is 6. The number of H-pyrrole nitrogens is 1. The number of anilines is 1. The molecule has 1 aliphatic rings. The van der Waals surface area contributed by atoms with Gasteiger partial charge in [-0.3, -0.25) is 10.2 Å². The highest BCUT2D eigenvalue weighted by molar-refractivity contribution is 7.91. The molecule has 3 rings (SSSR count). The zero-order valence-electron chi connectivity index (χ0n) is 15.7. The van der Waals surface area contributed by atoms with Gasteiger partial charge in [0.05, 0.1) is 28.5 Å². The highest BCUT2D eigenvalue weighted by Gasteiger charge is 2.60. The van der Waals surface area contributed by atoms with Gasteiger partial charge < -0.3 is 4.98 Å². The van der Waals surface area contributed by atoms with Crippen LogP contribution in [0.2, 0.25) is 0 Å². The Labute approximate surface area is 174 Å². The number of pyridine rings is 1. The van der Waals surface area contributed by atoms with Crippen molar-refractivity contribution in [1.29, 1.82) is 0 Å². The molecule has 2 aromatic heterocycles. The van der Waals surface area contributed by atoms with Crippen molar-refractivity contribution < 1.29 is 48.7 Å². The summed E-state index contributed by atoms with van der Waals surface area (Å²) in [5.41, 5.74) is -4.13. The fraction of sp³-hybridized carbons (Fsp3) is 0.375. The van der Waals surface area contributed by atoms with E-state index in [2.05, 4.69) is 15.0 Å². The topological polar surface area (TPSA) is 99.2 Å². The molecule has 0 aliphatic carbocycles. The van der Waals surface area contributed by atoms with Crippen molar-refractivity contribution in [3.05, 3.63) is 29.1 Å². The van der Waals surface area contributed by atoms with Gasteiger partial charge in [-0.25, -0.2) is 18.5 Å². The number of nitrogens with one attached hydrogen (secondary N) is 1. The normalized spacial score (nSPS) is 15.6. The molecule has 2 N–H and O–H groups in total. The Morgan fingerprint density at radius 3 is 2.31 bits per heavy atom. The van der Waals surface area contributed by atoms with Crippen LogP contribution >= 0.6 is 0 Å². The lowest BCUT2D eigenvalue weighted by Crippen LogP contribution is -2.43. The molecular weight excluding hydrogens is 480 g/mol. The molecule has 0 radical (unpaired) electrons. The van der Waals surface area contributed by atoms with Crippen LogP contribution in [-0.2, 0) is 16.0 Å². The maximum Gasteiger partial charge on any atom is 0.457 e. The average molecular weight is 492 g/mol. The van der Waals surface area contributed by atoms with Crippen LogP contribution in [0.15, 0.2) is 22.7 Å². The fourth-order valence-electron chi connectivity index (χ4n) is 2.79. The van der Waals surface area contributed by atoms with Crippen molar-refractivity contribution in [2.45, 2.75) is 30.1 Å². The number of hydrogen-bond donors (Lipinski definition) is 2. The molecule has 0 spiro atoms. The summed E-state index contributed by atoms with van der Waals surface area (Å²) >= 11 is 0. The Kier molecular flexibility index (Phi) is 5.53. The minimum absolute atomic E-state index is 0.0393. The molecule has 176 valence electrons. The van der Waals surface area contributed by atoms with E-state index in [4.69, 9.17) is 0 Å². The molecule has 2 aromatic rings. The van der Waals surface area contributed by atoms with Gasteiger partial charge in [-0.2, -0.15) is 35.1 Å². The molecule has 7 nitrogen and oxygen atoms in total. The zero-order valence-corrected chi connectivity index (χ0v) is 16.5. The van der Waals surface area contributed by atoms with Crippen LogP contribution < -0.4 is 5.06 Å². The van der Waals surface area contributed by atoms with Gasteiger partial charge in [0.25, 0.3) is 0 Å². The molecule has 16 heteroatoms. The molecule has 0 atom stereocenters. The van der Waals surface area contributed by atoms with E-state index in [1.54, 1.807) is 0 Å². The van der Waals surface area contributed by atoms with E-state index in [9.17, 15) is 48.7 Å². The van der Waals surface area contributed by atoms with Crippen LogP contribution in [0.5, 0.6) is 0 Å². The van der Waals surface area contributed by atoms with Gasteiger partial charge in [0.2, 0.25) is 0 Å². The van der Waals surface area contributed by atoms with Gasteiger partial charge in [0, 0.05) is 11.8 Å². The number of rotatable bonds is 4. The van der Waals surface area contributed by atoms with E-state index in [-0.39, 0.29) is 5.06 Å². The molecule has 0 saturated carbocycles. The fourth-order valence-corrected chi connectivity index (χ4v) is 3.85. The second-order valence-electron chi connectivity index (χ2n) is 6.59. The van der Waals surface area contributed by atoms with Crippen molar-refractivity contribution >= 4 is 21.7 Å². The third-order valence-corrected chi connectivity index (χ3v) is 6.22. The van der Waals surface area contributed by atoms with Crippen LogP contribution in [0.1, 0.15) is 18.2 Å². The van der Waals surface area contributed by atoms with Gasteiger partial charge in [-0.05, 0) is 12.1 Å². The Hall–Kier alpha value is -2.75. The highest BCUT2D eigenvalue weighted by atomic mass is 32.2. The number of nitrogens with zero attached hydrogens (tertiary/aromatic N) is 3. The molecule has 1 aliphatic heterocycles. The zero-order chi connectivity index (χ0) is 24.3. The van der Waals surface area contributed by atoms with Gasteiger partial charge in [0.1, 0.15) is 5.69 Å². The van der Waals surface area contributed by atoms with Crippen LogP contribution in [-0.4, -0.2) is 53.0 Å². The molecule has 0 unspecified atom stereocenters. The predicted octanol–water partition coefficient (Wildman–Crippen LogP) is 4.07. The monoisotopic (exact) mass is 492 g/mol. The quantitative estimate of drug-likeness (QED) is 0.625. The molecule has 32 heavy (non-hydrogen) atoms. The van der Waals surface area contributed by atoms with Crippen molar-refractivity contribution in [1.82, 2.24) is 15.0 Å². The Bertz CT molecular complexity index is 1180. The number of imidazole rings is 1. The summed E-state index contributed by atoms with van der Waals surface area (Å²) in [5, 5.41) is 9.83. The molecule has 0 aromatic carbocycles. The number of fused-ring (bicyclic) bond motifs is 1. The van der Waals surface area contributed by atoms with Gasteiger partial charge in [-0.15, -0.1) is 0 Å². The maximum atomic E-state index is 13.7. The third-order valence-electron chi connectivity index (χ3n) is 4.47. The first-order valence-corrected chi connectivity index (χ1v) is 10.2. The molecule has 0 saturated heterocycles. The van der Waals surface area contributed by atoms with E-state index < -0.39 is 79.5 Å². The minimum Gasteiger partial charge on any atom is -0.335 e. The summed E-state index contributed by atoms with van der Waals surface area (Å²) in [4.78, 5) is 8.52. The smallest absolute Gasteiger partial charge is 0.335 e. The number of hydroxylamine groups is 1. The lowest BCUT2D eigenvalue weighted by molar-refractivity contribution is -0.264. The second kappa shape index (κ2) is 7.40. The van der Waals surface area contributed by atoms with Gasteiger partial charge >= 0.3 is 18.3 Å². The van der Waals surface area contributed by atoms with Crippen molar-refractivity contribution in [3.8, 4) is 11.5 Å². The van der Waals surface area contributed by atoms with Gasteiger partial charge in [-0.1, -0.05) is 6.92 Å². The second-order valence-corrected chi connectivity index (χ2v) is 8.84. The summed E-state index contributed by atoms with van der Waals surface area (Å²) < 4.78 is 129. The number of aromatic amines is 1. The first kappa shape index (κ1) is 23.9. The van der Waals surface area contributed by atoms with E-state index in [0.29, 0.717) is 18.3 Å². The third kappa shape index (κ3) is 4.03. The van der Waals surface area contributed by atoms with Crippen LogP contribution in [0.3, 0.4) is 0 Å². The van der Waals surface area contributed by atoms with Crippen LogP contribution in [0.4, 0.5) is 40.9 Å². The predicted molar refractivity (Wildman–Crippen MR) is 92.7 cm³/mol. The maximum absolute atomic E-state index is 13.7. The molecular formula is C16H12F8N4O3S. The Balaban J connectivity index is 2.18. The summed E-state index contributed by atoms with van der Waals surface area (Å²) in [7, 11) is -4.31. The van der Waals surface area contributed by atoms with E-state index in [0.717, 1.165) is 6.92 Å². The molecule has 3 heterocycles. The standard InChI is InChI=1S/C16H12F8N4O3S/c1-2-32(30,31)10-4-7(15(19,20)21)5-25-11(10)12-26-9-3-8(6-28(29)13(9)27-12)14(17,18)16(22,23)24/h3-5,29H,2,6H2,1H3,(H,26,27). The largest absolute Gasteiger partial charge is 0.457 e. The van der Waals surface area contributed by atoms with E-state index in [1.807, 2.05) is 0 Å². The first-order valence-electron chi connectivity index (χ1n) is 8.51. The van der Waals surface area contributed by atoms with Crippen molar-refractivity contribution in [2.24, 2.45) is 0 Å². The summed E-state index contributed by atoms with van der Waals surface area (Å²) in [6, 6.07) is 0.304. The minimum atomic E-state index is -5.96. The van der Waals surface area contributed by atoms with E-state index in [1.165, 1.54) is 0 Å².